The van der Waals surface area contributed by atoms with E-state index in [9.17, 15) is 0 Å². The molecule has 0 bridgehead atoms. The summed E-state index contributed by atoms with van der Waals surface area (Å²) in [7, 11) is 4.10. The van der Waals surface area contributed by atoms with Crippen LogP contribution in [0.2, 0.25) is 5.02 Å². The predicted octanol–water partition coefficient (Wildman–Crippen LogP) is 3.91. The van der Waals surface area contributed by atoms with E-state index >= 15 is 0 Å². The van der Waals surface area contributed by atoms with E-state index in [0.717, 1.165) is 39.3 Å². The van der Waals surface area contributed by atoms with E-state index in [1.54, 1.807) is 11.8 Å². The number of benzene rings is 2. The summed E-state index contributed by atoms with van der Waals surface area (Å²) in [4.78, 5) is 6.95. The van der Waals surface area contributed by atoms with Crippen LogP contribution in [-0.2, 0) is 20.1 Å². The third-order valence-corrected chi connectivity index (χ3v) is 6.25. The first-order chi connectivity index (χ1) is 15.1. The van der Waals surface area contributed by atoms with Gasteiger partial charge in [-0.2, -0.15) is 0 Å². The number of thioether (sulfide) groups is 1. The van der Waals surface area contributed by atoms with Crippen molar-refractivity contribution in [3.05, 3.63) is 65.2 Å². The molecular weight excluding hydrogens is 432 g/mol. The van der Waals surface area contributed by atoms with Gasteiger partial charge in [-0.05, 0) is 43.8 Å². The van der Waals surface area contributed by atoms with Crippen LogP contribution in [0.5, 0.6) is 0 Å². The molecule has 0 amide bonds. The Hall–Kier alpha value is -2.39. The molecule has 2 heterocycles. The van der Waals surface area contributed by atoms with Gasteiger partial charge in [0.1, 0.15) is 5.82 Å². The van der Waals surface area contributed by atoms with Crippen LogP contribution < -0.4 is 0 Å². The highest BCUT2D eigenvalue weighted by molar-refractivity contribution is 7.99. The van der Waals surface area contributed by atoms with Crippen molar-refractivity contribution in [2.45, 2.75) is 24.7 Å². The van der Waals surface area contributed by atoms with Gasteiger partial charge >= 0.3 is 0 Å². The Kier molecular flexibility index (Phi) is 6.92. The lowest BCUT2D eigenvalue weighted by Gasteiger charge is -2.17. The van der Waals surface area contributed by atoms with Crippen LogP contribution >= 0.6 is 23.4 Å². The van der Waals surface area contributed by atoms with Gasteiger partial charge in [0.2, 0.25) is 0 Å². The third-order valence-electron chi connectivity index (χ3n) is 5.00. The van der Waals surface area contributed by atoms with Gasteiger partial charge in [-0.1, -0.05) is 41.6 Å². The van der Waals surface area contributed by atoms with E-state index in [-0.39, 0.29) is 6.61 Å². The number of nitrogens with zero attached hydrogens (tertiary/aromatic N) is 6. The number of para-hydroxylation sites is 2. The van der Waals surface area contributed by atoms with Gasteiger partial charge in [0.25, 0.3) is 0 Å². The molecule has 0 saturated heterocycles. The molecule has 7 nitrogen and oxygen atoms in total. The topological polar surface area (TPSA) is 72.0 Å². The highest BCUT2D eigenvalue weighted by atomic mass is 35.5. The van der Waals surface area contributed by atoms with Crippen molar-refractivity contribution in [1.29, 1.82) is 0 Å². The van der Waals surface area contributed by atoms with Gasteiger partial charge in [0, 0.05) is 24.4 Å². The van der Waals surface area contributed by atoms with Gasteiger partial charge in [-0.25, -0.2) is 4.98 Å². The zero-order valence-electron chi connectivity index (χ0n) is 17.6. The Morgan fingerprint density at radius 3 is 2.65 bits per heavy atom. The van der Waals surface area contributed by atoms with Crippen LogP contribution in [-0.4, -0.2) is 53.7 Å². The van der Waals surface area contributed by atoms with Crippen LogP contribution in [0.4, 0.5) is 0 Å². The molecular formula is C22H25ClN6OS. The number of aryl methyl sites for hydroxylation is 1. The molecule has 0 aliphatic heterocycles. The van der Waals surface area contributed by atoms with Gasteiger partial charge in [-0.3, -0.25) is 9.47 Å². The minimum absolute atomic E-state index is 0.159. The molecule has 4 aromatic rings. The lowest BCUT2D eigenvalue weighted by atomic mass is 10.3. The fourth-order valence-corrected chi connectivity index (χ4v) is 4.55. The normalized spacial score (nSPS) is 11.6. The number of aliphatic hydroxyl groups is 1. The Balaban J connectivity index is 1.58. The predicted molar refractivity (Wildman–Crippen MR) is 125 cm³/mol. The maximum Gasteiger partial charge on any atom is 0.195 e. The van der Waals surface area contributed by atoms with Gasteiger partial charge in [-0.15, -0.1) is 10.2 Å². The van der Waals surface area contributed by atoms with Crippen LogP contribution in [0.3, 0.4) is 0 Å². The maximum absolute atomic E-state index is 9.12. The number of imidazole rings is 1. The summed E-state index contributed by atoms with van der Waals surface area (Å²) in [5, 5.41) is 19.5. The molecule has 0 fully saturated rings. The number of hydrogen-bond acceptors (Lipinski definition) is 6. The Bertz CT molecular complexity index is 1170. The van der Waals surface area contributed by atoms with Crippen LogP contribution in [0.1, 0.15) is 18.1 Å². The summed E-state index contributed by atoms with van der Waals surface area (Å²) in [6, 6.07) is 15.8. The van der Waals surface area contributed by atoms with Crippen molar-refractivity contribution in [3.63, 3.8) is 0 Å². The minimum Gasteiger partial charge on any atom is -0.396 e. The second-order valence-electron chi connectivity index (χ2n) is 7.39. The van der Waals surface area contributed by atoms with Crippen molar-refractivity contribution >= 4 is 34.4 Å². The molecule has 0 aliphatic rings. The number of rotatable bonds is 9. The lowest BCUT2D eigenvalue weighted by Crippen LogP contribution is -2.22. The first kappa shape index (κ1) is 21.8. The van der Waals surface area contributed by atoms with Gasteiger partial charge in [0.15, 0.2) is 11.0 Å². The lowest BCUT2D eigenvalue weighted by molar-refractivity contribution is 0.296. The highest BCUT2D eigenvalue weighted by Gasteiger charge is 2.18. The molecule has 0 unspecified atom stereocenters. The highest BCUT2D eigenvalue weighted by Crippen LogP contribution is 2.25. The zero-order valence-corrected chi connectivity index (χ0v) is 19.1. The molecule has 31 heavy (non-hydrogen) atoms. The molecule has 0 atom stereocenters. The third kappa shape index (κ3) is 4.93. The van der Waals surface area contributed by atoms with E-state index < -0.39 is 0 Å². The second-order valence-corrected chi connectivity index (χ2v) is 8.89. The average molecular weight is 457 g/mol. The minimum atomic E-state index is 0.159. The first-order valence-electron chi connectivity index (χ1n) is 10.1. The van der Waals surface area contributed by atoms with E-state index in [1.807, 2.05) is 54.1 Å². The monoisotopic (exact) mass is 456 g/mol. The Labute approximate surface area is 190 Å². The molecule has 162 valence electrons. The second kappa shape index (κ2) is 9.82. The summed E-state index contributed by atoms with van der Waals surface area (Å²) < 4.78 is 4.17. The number of aliphatic hydroxyl groups excluding tert-OH is 1. The van der Waals surface area contributed by atoms with E-state index in [2.05, 4.69) is 32.8 Å². The molecule has 2 aromatic carbocycles. The van der Waals surface area contributed by atoms with E-state index in [4.69, 9.17) is 21.7 Å². The first-order valence-corrected chi connectivity index (χ1v) is 11.5. The van der Waals surface area contributed by atoms with Crippen LogP contribution in [0.25, 0.3) is 16.7 Å². The molecule has 4 rings (SSSR count). The zero-order chi connectivity index (χ0) is 21.8. The summed E-state index contributed by atoms with van der Waals surface area (Å²) >= 11 is 7.83. The largest absolute Gasteiger partial charge is 0.396 e. The number of aromatic nitrogens is 5. The SMILES string of the molecule is CN(Cc1nnc(SCCCO)n1-c1cccc(Cl)c1)Cc1nc2ccccc2n1C. The average Bonchev–Trinajstić information content (AvgIpc) is 3.29. The van der Waals surface area contributed by atoms with Crippen molar-refractivity contribution in [2.24, 2.45) is 7.05 Å². The van der Waals surface area contributed by atoms with Crippen molar-refractivity contribution in [3.8, 4) is 5.69 Å². The maximum atomic E-state index is 9.12. The Morgan fingerprint density at radius 1 is 1.06 bits per heavy atom. The van der Waals surface area contributed by atoms with Crippen molar-refractivity contribution in [1.82, 2.24) is 29.2 Å². The summed E-state index contributed by atoms with van der Waals surface area (Å²) in [5.41, 5.74) is 3.05. The standard InChI is InChI=1S/C22H25ClN6OS/c1-27(14-20-24-18-9-3-4-10-19(18)28(20)2)15-21-25-26-22(31-12-6-11-30)29(21)17-8-5-7-16(23)13-17/h3-5,7-10,13,30H,6,11-12,14-15H2,1-2H3. The van der Waals surface area contributed by atoms with Crippen LogP contribution in [0, 0.1) is 0 Å². The number of fused-ring (bicyclic) bond motifs is 1. The van der Waals surface area contributed by atoms with Crippen molar-refractivity contribution in [2.75, 3.05) is 19.4 Å². The van der Waals surface area contributed by atoms with E-state index in [0.29, 0.717) is 24.5 Å². The molecule has 0 radical (unpaired) electrons. The fraction of sp³-hybridized carbons (Fsp3) is 0.318. The van der Waals surface area contributed by atoms with Crippen molar-refractivity contribution < 1.29 is 5.11 Å². The molecule has 0 spiro atoms. The van der Waals surface area contributed by atoms with Gasteiger partial charge < -0.3 is 9.67 Å². The van der Waals surface area contributed by atoms with Crippen LogP contribution in [0.15, 0.2) is 53.7 Å². The molecule has 1 N–H and O–H groups in total. The Morgan fingerprint density at radius 2 is 1.87 bits per heavy atom. The smallest absolute Gasteiger partial charge is 0.195 e. The fourth-order valence-electron chi connectivity index (χ4n) is 3.47. The summed E-state index contributed by atoms with van der Waals surface area (Å²) in [5.74, 6) is 2.59. The molecule has 2 aromatic heterocycles. The molecule has 0 aliphatic carbocycles. The quantitative estimate of drug-likeness (QED) is 0.304. The van der Waals surface area contributed by atoms with Gasteiger partial charge in [0.05, 0.1) is 29.8 Å². The summed E-state index contributed by atoms with van der Waals surface area (Å²) in [6.07, 6.45) is 0.703. The molecule has 0 saturated carbocycles. The molecule has 9 heteroatoms. The number of halogens is 1. The number of hydrogen-bond donors (Lipinski definition) is 1. The van der Waals surface area contributed by atoms with E-state index in [1.165, 1.54) is 0 Å². The summed E-state index contributed by atoms with van der Waals surface area (Å²) in [6.45, 7) is 1.44.